The normalized spacial score (nSPS) is 13.7. The van der Waals surface area contributed by atoms with Gasteiger partial charge in [0.25, 0.3) is 0 Å². The van der Waals surface area contributed by atoms with E-state index < -0.39 is 41.8 Å². The number of carbonyl (C=O) groups is 4. The fourth-order valence-corrected chi connectivity index (χ4v) is 3.01. The van der Waals surface area contributed by atoms with Crippen molar-refractivity contribution in [1.29, 1.82) is 0 Å². The molecule has 10 heteroatoms. The summed E-state index contributed by atoms with van der Waals surface area (Å²) < 4.78 is 0. The van der Waals surface area contributed by atoms with Crippen molar-refractivity contribution in [2.24, 2.45) is 11.5 Å². The highest BCUT2D eigenvalue weighted by molar-refractivity contribution is 7.98. The first-order valence-corrected chi connectivity index (χ1v) is 10.5. The highest BCUT2D eigenvalue weighted by atomic mass is 32.2. The Morgan fingerprint density at radius 3 is 2.21 bits per heavy atom. The lowest BCUT2D eigenvalue weighted by atomic mass is 10.0. The van der Waals surface area contributed by atoms with Gasteiger partial charge in [0.1, 0.15) is 12.1 Å². The zero-order valence-electron chi connectivity index (χ0n) is 16.3. The summed E-state index contributed by atoms with van der Waals surface area (Å²) in [5.74, 6) is -2.36. The van der Waals surface area contributed by atoms with Crippen LogP contribution < -0.4 is 22.1 Å². The molecule has 0 saturated heterocycles. The number of aliphatic carboxylic acids is 1. The molecule has 29 heavy (non-hydrogen) atoms. The van der Waals surface area contributed by atoms with Crippen LogP contribution in [0.5, 0.6) is 0 Å². The van der Waals surface area contributed by atoms with Gasteiger partial charge in [-0.1, -0.05) is 30.3 Å². The van der Waals surface area contributed by atoms with E-state index >= 15 is 0 Å². The van der Waals surface area contributed by atoms with Gasteiger partial charge < -0.3 is 27.2 Å². The summed E-state index contributed by atoms with van der Waals surface area (Å²) in [6.45, 7) is 0. The van der Waals surface area contributed by atoms with Crippen LogP contribution >= 0.6 is 11.8 Å². The second kappa shape index (κ2) is 12.8. The third kappa shape index (κ3) is 9.44. The minimum absolute atomic E-state index is 0.0472. The molecule has 1 aromatic carbocycles. The summed E-state index contributed by atoms with van der Waals surface area (Å²) in [6, 6.07) is 5.85. The van der Waals surface area contributed by atoms with Crippen molar-refractivity contribution in [3.05, 3.63) is 35.9 Å². The molecular weight excluding hydrogens is 396 g/mol. The molecule has 0 radical (unpaired) electrons. The highest BCUT2D eigenvalue weighted by Gasteiger charge is 2.28. The molecular formula is C19H28N4O5S. The van der Waals surface area contributed by atoms with Crippen LogP contribution in [0, 0.1) is 0 Å². The molecule has 7 N–H and O–H groups in total. The number of nitrogens with one attached hydrogen (secondary N) is 2. The Morgan fingerprint density at radius 1 is 1.03 bits per heavy atom. The van der Waals surface area contributed by atoms with Crippen LogP contribution in [0.3, 0.4) is 0 Å². The lowest BCUT2D eigenvalue weighted by Crippen LogP contribution is -2.55. The molecule has 0 heterocycles. The van der Waals surface area contributed by atoms with Crippen molar-refractivity contribution in [2.45, 2.75) is 43.8 Å². The monoisotopic (exact) mass is 424 g/mol. The molecule has 0 aliphatic carbocycles. The van der Waals surface area contributed by atoms with Gasteiger partial charge in [0.15, 0.2) is 0 Å². The molecule has 0 aromatic heterocycles. The summed E-state index contributed by atoms with van der Waals surface area (Å²) >= 11 is 1.48. The molecule has 3 atom stereocenters. The Balaban J connectivity index is 2.78. The maximum Gasteiger partial charge on any atom is 0.326 e. The number of thioether (sulfide) groups is 1. The molecule has 0 saturated carbocycles. The van der Waals surface area contributed by atoms with E-state index in [-0.39, 0.29) is 19.3 Å². The van der Waals surface area contributed by atoms with Crippen LogP contribution in [-0.2, 0) is 25.6 Å². The Hall–Kier alpha value is -2.59. The number of carboxylic acid groups (broad SMARTS) is 1. The minimum Gasteiger partial charge on any atom is -0.480 e. The second-order valence-corrected chi connectivity index (χ2v) is 7.53. The fourth-order valence-electron chi connectivity index (χ4n) is 2.53. The molecule has 1 aromatic rings. The number of nitrogens with two attached hydrogens (primary N) is 2. The van der Waals surface area contributed by atoms with Crippen molar-refractivity contribution >= 4 is 35.5 Å². The van der Waals surface area contributed by atoms with Crippen LogP contribution in [0.1, 0.15) is 24.8 Å². The zero-order valence-corrected chi connectivity index (χ0v) is 17.1. The molecule has 1 rings (SSSR count). The number of hydrogen-bond acceptors (Lipinski definition) is 6. The molecule has 3 amide bonds. The SMILES string of the molecule is CSCC[C@H](NC(=O)[C@@H](N)CCC(N)=O)C(=O)N[C@@H](Cc1ccccc1)C(=O)O. The van der Waals surface area contributed by atoms with Crippen molar-refractivity contribution in [3.63, 3.8) is 0 Å². The molecule has 160 valence electrons. The average Bonchev–Trinajstić information content (AvgIpc) is 2.69. The van der Waals surface area contributed by atoms with Crippen LogP contribution in [-0.4, -0.2) is 58.9 Å². The van der Waals surface area contributed by atoms with Gasteiger partial charge in [-0.3, -0.25) is 14.4 Å². The Labute approximate surface area is 174 Å². The maximum absolute atomic E-state index is 12.7. The summed E-state index contributed by atoms with van der Waals surface area (Å²) in [7, 11) is 0. The molecule has 0 spiro atoms. The average molecular weight is 425 g/mol. The standard InChI is InChI=1S/C19H28N4O5S/c1-29-10-9-14(22-17(25)13(20)7-8-16(21)24)18(26)23-15(19(27)28)11-12-5-3-2-4-6-12/h2-6,13-15H,7-11,20H2,1H3,(H2,21,24)(H,22,25)(H,23,26)(H,27,28)/t13-,14-,15-/m0/s1. The van der Waals surface area contributed by atoms with Crippen molar-refractivity contribution < 1.29 is 24.3 Å². The molecule has 0 aliphatic heterocycles. The first-order valence-electron chi connectivity index (χ1n) is 9.14. The number of rotatable bonds is 13. The summed E-state index contributed by atoms with van der Waals surface area (Å²) in [6.07, 6.45) is 2.28. The van der Waals surface area contributed by atoms with E-state index in [4.69, 9.17) is 11.5 Å². The smallest absolute Gasteiger partial charge is 0.326 e. The number of benzene rings is 1. The first kappa shape index (κ1) is 24.4. The lowest BCUT2D eigenvalue weighted by molar-refractivity contribution is -0.142. The lowest BCUT2D eigenvalue weighted by Gasteiger charge is -2.23. The Morgan fingerprint density at radius 2 is 1.66 bits per heavy atom. The predicted octanol–water partition coefficient (Wildman–Crippen LogP) is -0.371. The number of carboxylic acids is 1. The molecule has 0 fully saturated rings. The summed E-state index contributed by atoms with van der Waals surface area (Å²) in [5.41, 5.74) is 11.6. The molecule has 0 unspecified atom stereocenters. The van der Waals surface area contributed by atoms with E-state index in [0.717, 1.165) is 5.56 Å². The van der Waals surface area contributed by atoms with E-state index in [1.165, 1.54) is 11.8 Å². The fraction of sp³-hybridized carbons (Fsp3) is 0.474. The van der Waals surface area contributed by atoms with Gasteiger partial charge in [-0.25, -0.2) is 4.79 Å². The predicted molar refractivity (Wildman–Crippen MR) is 111 cm³/mol. The van der Waals surface area contributed by atoms with Crippen LogP contribution in [0.2, 0.25) is 0 Å². The van der Waals surface area contributed by atoms with Gasteiger partial charge in [-0.05, 0) is 30.4 Å². The van der Waals surface area contributed by atoms with E-state index in [2.05, 4.69) is 10.6 Å². The van der Waals surface area contributed by atoms with Crippen LogP contribution in [0.4, 0.5) is 0 Å². The first-order chi connectivity index (χ1) is 13.7. The Bertz CT molecular complexity index is 701. The minimum atomic E-state index is -1.17. The van der Waals surface area contributed by atoms with E-state index in [1.807, 2.05) is 12.3 Å². The number of carbonyl (C=O) groups excluding carboxylic acids is 3. The third-order valence-electron chi connectivity index (χ3n) is 4.18. The summed E-state index contributed by atoms with van der Waals surface area (Å²) in [5, 5.41) is 14.5. The van der Waals surface area contributed by atoms with E-state index in [1.54, 1.807) is 24.3 Å². The van der Waals surface area contributed by atoms with Gasteiger partial charge in [0.2, 0.25) is 17.7 Å². The quantitative estimate of drug-likeness (QED) is 0.288. The maximum atomic E-state index is 12.7. The largest absolute Gasteiger partial charge is 0.480 e. The number of primary amides is 1. The zero-order chi connectivity index (χ0) is 21.8. The molecule has 9 nitrogen and oxygen atoms in total. The van der Waals surface area contributed by atoms with Crippen LogP contribution in [0.15, 0.2) is 30.3 Å². The number of amides is 3. The summed E-state index contributed by atoms with van der Waals surface area (Å²) in [4.78, 5) is 47.3. The van der Waals surface area contributed by atoms with Crippen molar-refractivity contribution in [2.75, 3.05) is 12.0 Å². The molecule has 0 bridgehead atoms. The van der Waals surface area contributed by atoms with E-state index in [9.17, 15) is 24.3 Å². The second-order valence-electron chi connectivity index (χ2n) is 6.54. The van der Waals surface area contributed by atoms with Gasteiger partial charge in [-0.2, -0.15) is 11.8 Å². The van der Waals surface area contributed by atoms with Gasteiger partial charge >= 0.3 is 5.97 Å². The highest BCUT2D eigenvalue weighted by Crippen LogP contribution is 2.07. The molecule has 0 aliphatic rings. The van der Waals surface area contributed by atoms with Crippen LogP contribution in [0.25, 0.3) is 0 Å². The number of hydrogen-bond donors (Lipinski definition) is 5. The van der Waals surface area contributed by atoms with Gasteiger partial charge in [0, 0.05) is 12.8 Å². The van der Waals surface area contributed by atoms with Gasteiger partial charge in [-0.15, -0.1) is 0 Å². The van der Waals surface area contributed by atoms with Crippen molar-refractivity contribution in [3.8, 4) is 0 Å². The third-order valence-corrected chi connectivity index (χ3v) is 4.82. The van der Waals surface area contributed by atoms with Crippen molar-refractivity contribution in [1.82, 2.24) is 10.6 Å². The van der Waals surface area contributed by atoms with Gasteiger partial charge in [0.05, 0.1) is 6.04 Å². The Kier molecular flexibility index (Phi) is 10.8. The van der Waals surface area contributed by atoms with E-state index in [0.29, 0.717) is 12.2 Å². The topological polar surface area (TPSA) is 165 Å².